The minimum absolute atomic E-state index is 0.102. The van der Waals surface area contributed by atoms with E-state index in [1.54, 1.807) is 32.2 Å². The van der Waals surface area contributed by atoms with Crippen LogP contribution in [-0.2, 0) is 20.7 Å². The number of methoxy groups -OCH3 is 1. The van der Waals surface area contributed by atoms with E-state index in [9.17, 15) is 9.59 Å². The van der Waals surface area contributed by atoms with Crippen molar-refractivity contribution in [2.45, 2.75) is 64.1 Å². The number of esters is 1. The molecule has 1 saturated carbocycles. The van der Waals surface area contributed by atoms with Crippen LogP contribution in [0.1, 0.15) is 52.0 Å². The molecule has 1 spiro atoms. The molecule has 208 valence electrons. The molecule has 4 atom stereocenters. The van der Waals surface area contributed by atoms with Crippen molar-refractivity contribution in [2.75, 3.05) is 20.3 Å². The molecule has 0 radical (unpaired) electrons. The molecule has 0 unspecified atom stereocenters. The molecule has 0 amide bonds. The number of carbonyl (C=O) groups excluding carboxylic acids is 1. The number of rotatable bonds is 7. The molecule has 1 aromatic heterocycles. The molecule has 2 aromatic rings. The van der Waals surface area contributed by atoms with E-state index in [-0.39, 0.29) is 17.8 Å². The van der Waals surface area contributed by atoms with Gasteiger partial charge in [0.15, 0.2) is 5.60 Å². The molecule has 3 aliphatic rings. The van der Waals surface area contributed by atoms with Crippen LogP contribution in [-0.4, -0.2) is 37.4 Å². The molecule has 3 N–H and O–H groups in total. The van der Waals surface area contributed by atoms with Crippen molar-refractivity contribution in [1.82, 2.24) is 5.32 Å². The van der Waals surface area contributed by atoms with Crippen LogP contribution in [0, 0.1) is 11.8 Å². The van der Waals surface area contributed by atoms with Crippen LogP contribution < -0.4 is 21.4 Å². The Hall–Kier alpha value is -3.52. The van der Waals surface area contributed by atoms with Crippen LogP contribution in [0.4, 0.5) is 0 Å². The van der Waals surface area contributed by atoms with E-state index in [2.05, 4.69) is 11.4 Å². The summed E-state index contributed by atoms with van der Waals surface area (Å²) in [6.07, 6.45) is 9.83. The molecular weight excluding hydrogens is 496 g/mol. The van der Waals surface area contributed by atoms with Gasteiger partial charge in [0.2, 0.25) is 0 Å². The predicted octanol–water partition coefficient (Wildman–Crippen LogP) is 4.52. The topological polar surface area (TPSA) is 113 Å². The van der Waals surface area contributed by atoms with E-state index in [0.717, 1.165) is 35.8 Å². The second-order valence-electron chi connectivity index (χ2n) is 11.1. The third-order valence-corrected chi connectivity index (χ3v) is 8.73. The third-order valence-electron chi connectivity index (χ3n) is 8.73. The van der Waals surface area contributed by atoms with Crippen LogP contribution in [0.15, 0.2) is 68.7 Å². The third kappa shape index (κ3) is 4.86. The first kappa shape index (κ1) is 27.1. The number of carbonyl (C=O) groups is 1. The second-order valence-corrected chi connectivity index (χ2v) is 11.1. The maximum Gasteiger partial charge on any atom is 0.336 e. The lowest BCUT2D eigenvalue weighted by atomic mass is 9.56. The first-order valence-electron chi connectivity index (χ1n) is 13.7. The summed E-state index contributed by atoms with van der Waals surface area (Å²) in [6.45, 7) is 6.90. The quantitative estimate of drug-likeness (QED) is 0.231. The number of nitrogens with two attached hydrogens (primary N) is 1. The van der Waals surface area contributed by atoms with Crippen molar-refractivity contribution in [3.63, 3.8) is 0 Å². The highest BCUT2D eigenvalue weighted by molar-refractivity contribution is 5.88. The second kappa shape index (κ2) is 10.6. The van der Waals surface area contributed by atoms with Crippen LogP contribution in [0.3, 0.4) is 0 Å². The fraction of sp³-hybridized carbons (Fsp3) is 0.484. The zero-order valence-corrected chi connectivity index (χ0v) is 23.2. The Labute approximate surface area is 228 Å². The first-order chi connectivity index (χ1) is 18.7. The fourth-order valence-corrected chi connectivity index (χ4v) is 6.59. The van der Waals surface area contributed by atoms with E-state index in [4.69, 9.17) is 24.4 Å². The summed E-state index contributed by atoms with van der Waals surface area (Å²) >= 11 is 0. The highest BCUT2D eigenvalue weighted by atomic mass is 16.6. The normalized spacial score (nSPS) is 28.4. The zero-order valence-electron chi connectivity index (χ0n) is 23.2. The summed E-state index contributed by atoms with van der Waals surface area (Å²) in [5, 5.41) is 4.01. The Morgan fingerprint density at radius 3 is 2.87 bits per heavy atom. The number of dihydropyridines is 1. The standard InChI is InChI=1S/C31H38N2O6/c1-5-19(2)29(35)39-30(3)12-10-20(7-6-14-36-4)28(22-11-13-33-26(32)16-22)31(30)18-23-15-21-8-9-27(34)37-24(21)17-25(23)38-31/h5,8-9,11,15-17,20,28,33H,6-7,10,12-14,18,32H2,1-4H3/b19-5+/t20-,28-,30-,31-/m1/s1. The Bertz CT molecular complexity index is 1420. The van der Waals surface area contributed by atoms with Gasteiger partial charge in [-0.2, -0.15) is 0 Å². The van der Waals surface area contributed by atoms with Gasteiger partial charge in [-0.1, -0.05) is 12.2 Å². The fourth-order valence-electron chi connectivity index (χ4n) is 6.59. The summed E-state index contributed by atoms with van der Waals surface area (Å²) < 4.78 is 24.3. The van der Waals surface area contributed by atoms with Crippen LogP contribution in [0.25, 0.3) is 11.0 Å². The van der Waals surface area contributed by atoms with Crippen molar-refractivity contribution < 1.29 is 23.4 Å². The van der Waals surface area contributed by atoms with Crippen molar-refractivity contribution in [2.24, 2.45) is 17.6 Å². The van der Waals surface area contributed by atoms with Gasteiger partial charge in [-0.05, 0) is 81.7 Å². The minimum atomic E-state index is -0.933. The molecule has 1 fully saturated rings. The maximum atomic E-state index is 13.2. The van der Waals surface area contributed by atoms with Crippen molar-refractivity contribution in [3.8, 4) is 5.75 Å². The predicted molar refractivity (Wildman–Crippen MR) is 149 cm³/mol. The van der Waals surface area contributed by atoms with Gasteiger partial charge in [-0.25, -0.2) is 9.59 Å². The summed E-state index contributed by atoms with van der Waals surface area (Å²) in [4.78, 5) is 25.2. The molecule has 0 bridgehead atoms. The van der Waals surface area contributed by atoms with Gasteiger partial charge >= 0.3 is 11.6 Å². The zero-order chi connectivity index (χ0) is 27.8. The molecule has 1 aliphatic carbocycles. The molecule has 3 heterocycles. The smallest absolute Gasteiger partial charge is 0.336 e. The van der Waals surface area contributed by atoms with Crippen molar-refractivity contribution >= 4 is 16.9 Å². The molecule has 8 nitrogen and oxygen atoms in total. The first-order valence-corrected chi connectivity index (χ1v) is 13.7. The van der Waals surface area contributed by atoms with Crippen LogP contribution in [0.5, 0.6) is 5.75 Å². The average molecular weight is 535 g/mol. The minimum Gasteiger partial charge on any atom is -0.482 e. The lowest BCUT2D eigenvalue weighted by Gasteiger charge is -2.55. The van der Waals surface area contributed by atoms with E-state index >= 15 is 0 Å². The highest BCUT2D eigenvalue weighted by Gasteiger charge is 2.65. The molecule has 1 aromatic carbocycles. The van der Waals surface area contributed by atoms with Gasteiger partial charge in [0, 0.05) is 55.7 Å². The largest absolute Gasteiger partial charge is 0.482 e. The maximum absolute atomic E-state index is 13.2. The van der Waals surface area contributed by atoms with Crippen molar-refractivity contribution in [3.05, 3.63) is 75.4 Å². The number of hydrogen-bond acceptors (Lipinski definition) is 8. The number of nitrogens with one attached hydrogen (secondary N) is 1. The Morgan fingerprint density at radius 2 is 2.13 bits per heavy atom. The average Bonchev–Trinajstić information content (AvgIpc) is 3.28. The number of allylic oxidation sites excluding steroid dienone is 2. The van der Waals surface area contributed by atoms with Crippen LogP contribution in [0.2, 0.25) is 0 Å². The van der Waals surface area contributed by atoms with Crippen molar-refractivity contribution in [1.29, 1.82) is 0 Å². The number of ether oxygens (including phenoxy) is 3. The molecule has 39 heavy (non-hydrogen) atoms. The highest BCUT2D eigenvalue weighted by Crippen LogP contribution is 2.58. The number of benzene rings is 1. The van der Waals surface area contributed by atoms with Gasteiger partial charge in [0.05, 0.1) is 5.82 Å². The lowest BCUT2D eigenvalue weighted by molar-refractivity contribution is -0.206. The SMILES string of the molecule is C/C=C(\C)C(=O)O[C@]1(C)CC[C@@H](CCCOC)[C@H](C2=CCNC(N)=C2)[C@]12Cc1cc3ccc(=O)oc3cc1O2. The molecule has 8 heteroatoms. The lowest BCUT2D eigenvalue weighted by Crippen LogP contribution is -2.66. The number of hydrogen-bond donors (Lipinski definition) is 2. The Balaban J connectivity index is 1.66. The molecule has 2 aliphatic heterocycles. The number of fused-ring (bicyclic) bond motifs is 2. The van der Waals surface area contributed by atoms with Gasteiger partial charge in [0.25, 0.3) is 0 Å². The molecule has 5 rings (SSSR count). The monoisotopic (exact) mass is 534 g/mol. The van der Waals surface area contributed by atoms with E-state index < -0.39 is 16.8 Å². The molecular formula is C31H38N2O6. The summed E-state index contributed by atoms with van der Waals surface area (Å²) in [7, 11) is 1.72. The summed E-state index contributed by atoms with van der Waals surface area (Å²) in [6, 6.07) is 7.02. The summed E-state index contributed by atoms with van der Waals surface area (Å²) in [5.74, 6) is 1.06. The van der Waals surface area contributed by atoms with Gasteiger partial charge in [-0.3, -0.25) is 0 Å². The summed E-state index contributed by atoms with van der Waals surface area (Å²) in [5.41, 5.74) is 7.13. The van der Waals surface area contributed by atoms with E-state index in [1.807, 2.05) is 26.0 Å². The van der Waals surface area contributed by atoms with Crippen LogP contribution >= 0.6 is 0 Å². The van der Waals surface area contributed by atoms with Gasteiger partial charge < -0.3 is 29.7 Å². The molecule has 0 saturated heterocycles. The van der Waals surface area contributed by atoms with E-state index in [0.29, 0.717) is 48.7 Å². The van der Waals surface area contributed by atoms with E-state index in [1.165, 1.54) is 6.07 Å². The Morgan fingerprint density at radius 1 is 1.31 bits per heavy atom. The van der Waals surface area contributed by atoms with Gasteiger partial charge in [0.1, 0.15) is 16.9 Å². The Kier molecular flexibility index (Phi) is 7.33. The van der Waals surface area contributed by atoms with Gasteiger partial charge in [-0.15, -0.1) is 0 Å².